The number of halogens is 1. The van der Waals surface area contributed by atoms with Gasteiger partial charge in [0.05, 0.1) is 12.6 Å². The smallest absolute Gasteiger partial charge is 0.242 e. The highest BCUT2D eigenvalue weighted by Gasteiger charge is 2.22. The SMILES string of the molecule is CC(C)(C)NC(N)=NCC(=O)NC1CCOc2ccccc21.I. The Morgan fingerprint density at radius 2 is 2.09 bits per heavy atom. The number of ether oxygens (including phenoxy) is 1. The Morgan fingerprint density at radius 1 is 1.39 bits per heavy atom. The minimum Gasteiger partial charge on any atom is -0.493 e. The van der Waals surface area contributed by atoms with Crippen LogP contribution in [0, 0.1) is 0 Å². The summed E-state index contributed by atoms with van der Waals surface area (Å²) >= 11 is 0. The van der Waals surface area contributed by atoms with Crippen molar-refractivity contribution in [2.75, 3.05) is 13.2 Å². The second-order valence-electron chi connectivity index (χ2n) is 6.37. The van der Waals surface area contributed by atoms with Gasteiger partial charge in [0.1, 0.15) is 12.3 Å². The number of nitrogens with one attached hydrogen (secondary N) is 2. The number of carbonyl (C=O) groups is 1. The molecular weight excluding hydrogens is 407 g/mol. The van der Waals surface area contributed by atoms with Crippen LogP contribution in [-0.2, 0) is 4.79 Å². The number of carbonyl (C=O) groups excluding carboxylic acids is 1. The number of guanidine groups is 1. The van der Waals surface area contributed by atoms with E-state index in [-0.39, 0.29) is 54.0 Å². The summed E-state index contributed by atoms with van der Waals surface area (Å²) in [7, 11) is 0. The second-order valence-corrected chi connectivity index (χ2v) is 6.37. The maximum atomic E-state index is 12.0. The third-order valence-corrected chi connectivity index (χ3v) is 3.19. The van der Waals surface area contributed by atoms with Gasteiger partial charge in [-0.1, -0.05) is 18.2 Å². The van der Waals surface area contributed by atoms with E-state index in [1.165, 1.54) is 0 Å². The molecule has 1 unspecified atom stereocenters. The first-order valence-corrected chi connectivity index (χ1v) is 7.44. The first-order chi connectivity index (χ1) is 10.3. The van der Waals surface area contributed by atoms with Crippen LogP contribution < -0.4 is 21.1 Å². The van der Waals surface area contributed by atoms with Crippen LogP contribution in [0.4, 0.5) is 0 Å². The first kappa shape index (κ1) is 19.5. The molecule has 0 aromatic heterocycles. The van der Waals surface area contributed by atoms with E-state index in [0.717, 1.165) is 17.7 Å². The fourth-order valence-electron chi connectivity index (χ4n) is 2.31. The summed E-state index contributed by atoms with van der Waals surface area (Å²) < 4.78 is 5.58. The number of hydrogen-bond acceptors (Lipinski definition) is 3. The molecule has 23 heavy (non-hydrogen) atoms. The summed E-state index contributed by atoms with van der Waals surface area (Å²) in [5.41, 5.74) is 6.59. The monoisotopic (exact) mass is 432 g/mol. The Hall–Kier alpha value is -1.51. The lowest BCUT2D eigenvalue weighted by atomic mass is 10.0. The molecule has 0 saturated carbocycles. The molecule has 2 rings (SSSR count). The molecule has 6 nitrogen and oxygen atoms in total. The van der Waals surface area contributed by atoms with Crippen molar-refractivity contribution in [3.8, 4) is 5.75 Å². The summed E-state index contributed by atoms with van der Waals surface area (Å²) in [6.45, 7) is 6.55. The van der Waals surface area contributed by atoms with Crippen molar-refractivity contribution >= 4 is 35.8 Å². The highest BCUT2D eigenvalue weighted by molar-refractivity contribution is 14.0. The summed E-state index contributed by atoms with van der Waals surface area (Å²) in [5.74, 6) is 0.951. The van der Waals surface area contributed by atoms with Gasteiger partial charge >= 0.3 is 0 Å². The van der Waals surface area contributed by atoms with E-state index >= 15 is 0 Å². The fourth-order valence-corrected chi connectivity index (χ4v) is 2.31. The molecule has 0 radical (unpaired) electrons. The molecule has 7 heteroatoms. The predicted octanol–water partition coefficient (Wildman–Crippen LogP) is 1.95. The number of para-hydroxylation sites is 1. The number of benzene rings is 1. The molecule has 0 saturated heterocycles. The maximum Gasteiger partial charge on any atom is 0.242 e. The summed E-state index contributed by atoms with van der Waals surface area (Å²) in [6.07, 6.45) is 0.752. The van der Waals surface area contributed by atoms with Gasteiger partial charge in [-0.05, 0) is 26.8 Å². The van der Waals surface area contributed by atoms with Crippen molar-refractivity contribution in [3.63, 3.8) is 0 Å². The van der Waals surface area contributed by atoms with Crippen LogP contribution >= 0.6 is 24.0 Å². The normalized spacial score (nSPS) is 17.3. The van der Waals surface area contributed by atoms with Gasteiger partial charge in [0, 0.05) is 17.5 Å². The second kappa shape index (κ2) is 8.37. The van der Waals surface area contributed by atoms with Gasteiger partial charge in [-0.2, -0.15) is 0 Å². The molecule has 0 spiro atoms. The van der Waals surface area contributed by atoms with Gasteiger partial charge < -0.3 is 21.1 Å². The quantitative estimate of drug-likeness (QED) is 0.387. The Balaban J connectivity index is 0.00000264. The summed E-state index contributed by atoms with van der Waals surface area (Å²) in [6, 6.07) is 7.71. The van der Waals surface area contributed by atoms with Crippen LogP contribution in [0.3, 0.4) is 0 Å². The van der Waals surface area contributed by atoms with Crippen molar-refractivity contribution in [2.24, 2.45) is 10.7 Å². The number of amides is 1. The molecule has 1 aromatic carbocycles. The van der Waals surface area contributed by atoms with E-state index in [2.05, 4.69) is 15.6 Å². The van der Waals surface area contributed by atoms with E-state index in [1.807, 2.05) is 45.0 Å². The van der Waals surface area contributed by atoms with Crippen molar-refractivity contribution in [3.05, 3.63) is 29.8 Å². The zero-order valence-electron chi connectivity index (χ0n) is 13.8. The lowest BCUT2D eigenvalue weighted by Crippen LogP contribution is -2.45. The van der Waals surface area contributed by atoms with Gasteiger partial charge in [-0.25, -0.2) is 4.99 Å². The van der Waals surface area contributed by atoms with E-state index in [0.29, 0.717) is 6.61 Å². The molecule has 1 heterocycles. The van der Waals surface area contributed by atoms with Crippen molar-refractivity contribution in [2.45, 2.75) is 38.8 Å². The molecule has 0 aliphatic carbocycles. The molecule has 0 fully saturated rings. The first-order valence-electron chi connectivity index (χ1n) is 7.44. The summed E-state index contributed by atoms with van der Waals surface area (Å²) in [5, 5.41) is 6.01. The zero-order chi connectivity index (χ0) is 16.2. The van der Waals surface area contributed by atoms with Crippen LogP contribution in [-0.4, -0.2) is 30.6 Å². The van der Waals surface area contributed by atoms with Crippen LogP contribution in [0.2, 0.25) is 0 Å². The molecule has 1 aliphatic rings. The highest BCUT2D eigenvalue weighted by atomic mass is 127. The van der Waals surface area contributed by atoms with Gasteiger partial charge in [0.15, 0.2) is 5.96 Å². The molecule has 1 atom stereocenters. The third kappa shape index (κ3) is 6.25. The minimum atomic E-state index is -0.177. The fraction of sp³-hybridized carbons (Fsp3) is 0.500. The van der Waals surface area contributed by atoms with Crippen LogP contribution in [0.1, 0.15) is 38.8 Å². The lowest BCUT2D eigenvalue weighted by molar-refractivity contribution is -0.120. The molecular formula is C16H25IN4O2. The minimum absolute atomic E-state index is 0. The Bertz CT molecular complexity index is 569. The molecule has 4 N–H and O–H groups in total. The predicted molar refractivity (Wildman–Crippen MR) is 102 cm³/mol. The van der Waals surface area contributed by atoms with Crippen molar-refractivity contribution in [1.29, 1.82) is 0 Å². The van der Waals surface area contributed by atoms with Crippen molar-refractivity contribution < 1.29 is 9.53 Å². The van der Waals surface area contributed by atoms with Gasteiger partial charge in [0.2, 0.25) is 5.91 Å². The van der Waals surface area contributed by atoms with Gasteiger partial charge in [-0.15, -0.1) is 24.0 Å². The average Bonchev–Trinajstić information content (AvgIpc) is 2.44. The van der Waals surface area contributed by atoms with E-state index in [4.69, 9.17) is 10.5 Å². The largest absolute Gasteiger partial charge is 0.493 e. The van der Waals surface area contributed by atoms with E-state index in [1.54, 1.807) is 0 Å². The number of rotatable bonds is 3. The molecule has 1 aromatic rings. The maximum absolute atomic E-state index is 12.0. The number of hydrogen-bond donors (Lipinski definition) is 3. The Kier molecular flexibility index (Phi) is 7.11. The molecule has 0 bridgehead atoms. The van der Waals surface area contributed by atoms with Crippen LogP contribution in [0.5, 0.6) is 5.75 Å². The van der Waals surface area contributed by atoms with Crippen molar-refractivity contribution in [1.82, 2.24) is 10.6 Å². The Morgan fingerprint density at radius 3 is 2.78 bits per heavy atom. The van der Waals surface area contributed by atoms with Gasteiger partial charge in [0.25, 0.3) is 0 Å². The standard InChI is InChI=1S/C16H24N4O2.HI/c1-16(2,3)20-15(17)18-10-14(21)19-12-8-9-22-13-7-5-4-6-11(12)13;/h4-7,12H,8-10H2,1-3H3,(H,19,21)(H3,17,18,20);1H. The topological polar surface area (TPSA) is 88.7 Å². The third-order valence-electron chi connectivity index (χ3n) is 3.19. The average molecular weight is 432 g/mol. The van der Waals surface area contributed by atoms with Gasteiger partial charge in [-0.3, -0.25) is 4.79 Å². The number of nitrogens with two attached hydrogens (primary N) is 1. The number of nitrogens with zero attached hydrogens (tertiary/aromatic N) is 1. The molecule has 1 amide bonds. The molecule has 1 aliphatic heterocycles. The summed E-state index contributed by atoms with van der Waals surface area (Å²) in [4.78, 5) is 16.1. The highest BCUT2D eigenvalue weighted by Crippen LogP contribution is 2.31. The van der Waals surface area contributed by atoms with Crippen LogP contribution in [0.15, 0.2) is 29.3 Å². The number of fused-ring (bicyclic) bond motifs is 1. The zero-order valence-corrected chi connectivity index (χ0v) is 16.1. The van der Waals surface area contributed by atoms with E-state index < -0.39 is 0 Å². The van der Waals surface area contributed by atoms with E-state index in [9.17, 15) is 4.79 Å². The van der Waals surface area contributed by atoms with Crippen LogP contribution in [0.25, 0.3) is 0 Å². The number of aliphatic imine (C=N–C) groups is 1. The molecule has 128 valence electrons. The Labute approximate surface area is 154 Å². The lowest BCUT2D eigenvalue weighted by Gasteiger charge is -2.26.